The zero-order valence-corrected chi connectivity index (χ0v) is 10.5. The largest absolute Gasteiger partial charge is 0.398 e. The Bertz CT molecular complexity index is 408. The molecule has 1 fully saturated rings. The minimum Gasteiger partial charge on any atom is -0.398 e. The second-order valence-corrected chi connectivity index (χ2v) is 5.42. The first-order chi connectivity index (χ1) is 8.24. The van der Waals surface area contributed by atoms with Crippen molar-refractivity contribution in [2.45, 2.75) is 32.0 Å². The molecule has 2 aliphatic heterocycles. The molecule has 3 nitrogen and oxygen atoms in total. The van der Waals surface area contributed by atoms with Crippen LogP contribution in [0, 0.1) is 0 Å². The number of rotatable bonds is 1. The molecule has 3 heteroatoms. The van der Waals surface area contributed by atoms with Crippen LogP contribution < -0.4 is 5.73 Å². The van der Waals surface area contributed by atoms with Crippen LogP contribution in [0.1, 0.15) is 24.0 Å². The van der Waals surface area contributed by atoms with Crippen molar-refractivity contribution in [3.8, 4) is 0 Å². The average molecular weight is 231 g/mol. The fourth-order valence-electron chi connectivity index (χ4n) is 3.09. The average Bonchev–Trinajstić information content (AvgIpc) is 2.75. The van der Waals surface area contributed by atoms with Gasteiger partial charge in [-0.2, -0.15) is 0 Å². The summed E-state index contributed by atoms with van der Waals surface area (Å²) in [6, 6.07) is 7.07. The van der Waals surface area contributed by atoms with Crippen LogP contribution in [0.15, 0.2) is 18.2 Å². The molecule has 17 heavy (non-hydrogen) atoms. The number of hydrogen-bond acceptors (Lipinski definition) is 3. The van der Waals surface area contributed by atoms with E-state index in [0.717, 1.165) is 24.8 Å². The van der Waals surface area contributed by atoms with Crippen LogP contribution in [-0.2, 0) is 13.1 Å². The number of benzene rings is 1. The van der Waals surface area contributed by atoms with Gasteiger partial charge in [-0.25, -0.2) is 0 Å². The van der Waals surface area contributed by atoms with Gasteiger partial charge in [0.15, 0.2) is 0 Å². The molecule has 92 valence electrons. The summed E-state index contributed by atoms with van der Waals surface area (Å²) in [5.41, 5.74) is 9.82. The molecule has 0 spiro atoms. The summed E-state index contributed by atoms with van der Waals surface area (Å²) in [5.74, 6) is 0. The molecule has 2 N–H and O–H groups in total. The first-order valence-electron chi connectivity index (χ1n) is 6.53. The predicted octanol–water partition coefficient (Wildman–Crippen LogP) is 1.68. The van der Waals surface area contributed by atoms with Crippen LogP contribution in [0.3, 0.4) is 0 Å². The Morgan fingerprint density at radius 3 is 2.65 bits per heavy atom. The van der Waals surface area contributed by atoms with E-state index in [9.17, 15) is 0 Å². The highest BCUT2D eigenvalue weighted by atomic mass is 15.2. The van der Waals surface area contributed by atoms with Crippen molar-refractivity contribution < 1.29 is 0 Å². The van der Waals surface area contributed by atoms with Crippen molar-refractivity contribution in [3.05, 3.63) is 29.3 Å². The van der Waals surface area contributed by atoms with Gasteiger partial charge in [0.2, 0.25) is 0 Å². The van der Waals surface area contributed by atoms with E-state index in [1.165, 1.54) is 37.1 Å². The SMILES string of the molecule is CN1CCC(N2Cc3cccc(N)c3C2)CC1. The molecule has 0 aromatic heterocycles. The Labute approximate surface area is 103 Å². The molecule has 1 saturated heterocycles. The van der Waals surface area contributed by atoms with Gasteiger partial charge in [0, 0.05) is 24.8 Å². The van der Waals surface area contributed by atoms with Crippen molar-refractivity contribution in [2.24, 2.45) is 0 Å². The van der Waals surface area contributed by atoms with Crippen LogP contribution in [0.4, 0.5) is 5.69 Å². The highest BCUT2D eigenvalue weighted by molar-refractivity contribution is 5.52. The van der Waals surface area contributed by atoms with Gasteiger partial charge in [-0.3, -0.25) is 4.90 Å². The zero-order valence-electron chi connectivity index (χ0n) is 10.5. The third-order valence-corrected chi connectivity index (χ3v) is 4.25. The molecule has 0 atom stereocenters. The van der Waals surface area contributed by atoms with Crippen LogP contribution in [0.5, 0.6) is 0 Å². The van der Waals surface area contributed by atoms with Gasteiger partial charge in [-0.15, -0.1) is 0 Å². The number of likely N-dealkylation sites (tertiary alicyclic amines) is 1. The lowest BCUT2D eigenvalue weighted by atomic mass is 10.0. The van der Waals surface area contributed by atoms with E-state index in [2.05, 4.69) is 29.0 Å². The molecular formula is C14H21N3. The molecule has 0 aliphatic carbocycles. The predicted molar refractivity (Wildman–Crippen MR) is 70.6 cm³/mol. The van der Waals surface area contributed by atoms with E-state index in [-0.39, 0.29) is 0 Å². The molecule has 1 aromatic rings. The summed E-state index contributed by atoms with van der Waals surface area (Å²) in [6.07, 6.45) is 2.59. The molecule has 0 unspecified atom stereocenters. The number of nitrogens with two attached hydrogens (primary N) is 1. The second-order valence-electron chi connectivity index (χ2n) is 5.42. The Kier molecular flexibility index (Phi) is 2.81. The van der Waals surface area contributed by atoms with Crippen molar-refractivity contribution in [3.63, 3.8) is 0 Å². The highest BCUT2D eigenvalue weighted by Crippen LogP contribution is 2.31. The fourth-order valence-corrected chi connectivity index (χ4v) is 3.09. The number of anilines is 1. The van der Waals surface area contributed by atoms with E-state index in [4.69, 9.17) is 5.73 Å². The quantitative estimate of drug-likeness (QED) is 0.746. The third-order valence-electron chi connectivity index (χ3n) is 4.25. The molecule has 0 radical (unpaired) electrons. The van der Waals surface area contributed by atoms with Gasteiger partial charge in [0.25, 0.3) is 0 Å². The number of fused-ring (bicyclic) bond motifs is 1. The number of piperidine rings is 1. The van der Waals surface area contributed by atoms with Crippen LogP contribution in [0.25, 0.3) is 0 Å². The fraction of sp³-hybridized carbons (Fsp3) is 0.571. The van der Waals surface area contributed by atoms with Gasteiger partial charge >= 0.3 is 0 Å². The molecule has 0 bridgehead atoms. The Hall–Kier alpha value is -1.06. The van der Waals surface area contributed by atoms with Crippen LogP contribution >= 0.6 is 0 Å². The van der Waals surface area contributed by atoms with Gasteiger partial charge in [0.05, 0.1) is 0 Å². The third kappa shape index (κ3) is 2.05. The summed E-state index contributed by atoms with van der Waals surface area (Å²) >= 11 is 0. The number of hydrogen-bond donors (Lipinski definition) is 1. The molecular weight excluding hydrogens is 210 g/mol. The smallest absolute Gasteiger partial charge is 0.0363 e. The molecule has 2 aliphatic rings. The molecule has 3 rings (SSSR count). The Morgan fingerprint density at radius 1 is 1.18 bits per heavy atom. The lowest BCUT2D eigenvalue weighted by Gasteiger charge is -2.34. The van der Waals surface area contributed by atoms with Gasteiger partial charge in [-0.05, 0) is 50.2 Å². The summed E-state index contributed by atoms with van der Waals surface area (Å²) in [4.78, 5) is 5.03. The lowest BCUT2D eigenvalue weighted by Crippen LogP contribution is -2.41. The lowest BCUT2D eigenvalue weighted by molar-refractivity contribution is 0.120. The minimum absolute atomic E-state index is 0.748. The van der Waals surface area contributed by atoms with Gasteiger partial charge in [0.1, 0.15) is 0 Å². The first-order valence-corrected chi connectivity index (χ1v) is 6.53. The summed E-state index contributed by atoms with van der Waals surface area (Å²) in [7, 11) is 2.22. The highest BCUT2D eigenvalue weighted by Gasteiger charge is 2.28. The molecule has 0 amide bonds. The standard InChI is InChI=1S/C14H21N3/c1-16-7-5-12(6-8-16)17-9-11-3-2-4-14(15)13(11)10-17/h2-4,12H,5-10,15H2,1H3. The summed E-state index contributed by atoms with van der Waals surface area (Å²) < 4.78 is 0. The minimum atomic E-state index is 0.748. The summed E-state index contributed by atoms with van der Waals surface area (Å²) in [5, 5.41) is 0. The van der Waals surface area contributed by atoms with Crippen molar-refractivity contribution in [2.75, 3.05) is 25.9 Å². The maximum atomic E-state index is 6.05. The van der Waals surface area contributed by atoms with Gasteiger partial charge < -0.3 is 10.6 Å². The van der Waals surface area contributed by atoms with Crippen LogP contribution in [-0.4, -0.2) is 36.0 Å². The number of nitrogen functional groups attached to an aromatic ring is 1. The Morgan fingerprint density at radius 2 is 1.94 bits per heavy atom. The van der Waals surface area contributed by atoms with Gasteiger partial charge in [-0.1, -0.05) is 12.1 Å². The van der Waals surface area contributed by atoms with Crippen molar-refractivity contribution in [1.29, 1.82) is 0 Å². The topological polar surface area (TPSA) is 32.5 Å². The molecule has 1 aromatic carbocycles. The molecule has 2 heterocycles. The van der Waals surface area contributed by atoms with Crippen molar-refractivity contribution in [1.82, 2.24) is 9.80 Å². The maximum Gasteiger partial charge on any atom is 0.0363 e. The van der Waals surface area contributed by atoms with Crippen LogP contribution in [0.2, 0.25) is 0 Å². The van der Waals surface area contributed by atoms with E-state index >= 15 is 0 Å². The first kappa shape index (κ1) is 11.1. The van der Waals surface area contributed by atoms with E-state index in [1.54, 1.807) is 0 Å². The molecule has 0 saturated carbocycles. The summed E-state index contributed by atoms with van der Waals surface area (Å²) in [6.45, 7) is 4.60. The van der Waals surface area contributed by atoms with Crippen molar-refractivity contribution >= 4 is 5.69 Å². The maximum absolute atomic E-state index is 6.05. The zero-order chi connectivity index (χ0) is 11.8. The second kappa shape index (κ2) is 4.31. The Balaban J connectivity index is 1.72. The van der Waals surface area contributed by atoms with E-state index in [0.29, 0.717) is 0 Å². The van der Waals surface area contributed by atoms with E-state index in [1.807, 2.05) is 6.07 Å². The van der Waals surface area contributed by atoms with E-state index < -0.39 is 0 Å². The normalized spacial score (nSPS) is 22.9. The number of nitrogens with zero attached hydrogens (tertiary/aromatic N) is 2. The monoisotopic (exact) mass is 231 g/mol.